The van der Waals surface area contributed by atoms with Gasteiger partial charge in [-0.25, -0.2) is 4.79 Å². The molecule has 1 aliphatic carbocycles. The fourth-order valence-corrected chi connectivity index (χ4v) is 5.53. The highest BCUT2D eigenvalue weighted by atomic mass is 16.4. The maximum Gasteiger partial charge on any atom is 0.404 e. The van der Waals surface area contributed by atoms with E-state index in [0.717, 1.165) is 68.8 Å². The second kappa shape index (κ2) is 12.4. The number of piperazine rings is 1. The Balaban J connectivity index is 1.28. The third kappa shape index (κ3) is 7.46. The molecule has 4 rings (SSSR count). The summed E-state index contributed by atoms with van der Waals surface area (Å²) in [5.41, 5.74) is 5.43. The Morgan fingerprint density at radius 2 is 1.92 bits per heavy atom. The number of hydrogen-bond acceptors (Lipinski definition) is 5. The van der Waals surface area contributed by atoms with Crippen molar-refractivity contribution < 1.29 is 14.7 Å². The molecule has 8 nitrogen and oxygen atoms in total. The molecular formula is C29H41N5O3. The highest BCUT2D eigenvalue weighted by Crippen LogP contribution is 2.30. The lowest BCUT2D eigenvalue weighted by Gasteiger charge is -2.33. The minimum Gasteiger partial charge on any atom is -0.465 e. The van der Waals surface area contributed by atoms with Crippen molar-refractivity contribution in [2.24, 2.45) is 5.92 Å². The SMILES string of the molecule is Cc1cc(N(C)C(=O)[C@H]2CC[C@H](Nc3cccc(CNC(=O)O)c3)CC2)ccc1CN1CCN[C@@H](C)C1. The number of carbonyl (C=O) groups excluding carboxylic acids is 1. The molecule has 8 heteroatoms. The number of anilines is 2. The predicted octanol–water partition coefficient (Wildman–Crippen LogP) is 4.19. The topological polar surface area (TPSA) is 96.9 Å². The number of carboxylic acid groups (broad SMARTS) is 1. The van der Waals surface area contributed by atoms with Crippen LogP contribution in [-0.2, 0) is 17.9 Å². The van der Waals surface area contributed by atoms with Crippen molar-refractivity contribution in [3.63, 3.8) is 0 Å². The molecule has 37 heavy (non-hydrogen) atoms. The largest absolute Gasteiger partial charge is 0.465 e. The molecule has 2 aromatic rings. The van der Waals surface area contributed by atoms with Gasteiger partial charge in [-0.3, -0.25) is 9.69 Å². The van der Waals surface area contributed by atoms with E-state index in [-0.39, 0.29) is 18.4 Å². The molecule has 1 atom stereocenters. The van der Waals surface area contributed by atoms with Crippen LogP contribution in [0, 0.1) is 12.8 Å². The summed E-state index contributed by atoms with van der Waals surface area (Å²) >= 11 is 0. The molecule has 1 saturated carbocycles. The highest BCUT2D eigenvalue weighted by molar-refractivity contribution is 5.94. The van der Waals surface area contributed by atoms with Gasteiger partial charge in [-0.2, -0.15) is 0 Å². The standard InChI is InChI=1S/C29H41N5O3/c1-20-15-27(12-9-24(20)19-34-14-13-30-21(2)18-34)33(3)28(35)23-7-10-25(11-8-23)32-26-6-4-5-22(16-26)17-31-29(36)37/h4-6,9,12,15-16,21,23,25,30-32H,7-8,10-11,13-14,17-19H2,1-3H3,(H,36,37)/t21-,23-,25-/m0/s1. The summed E-state index contributed by atoms with van der Waals surface area (Å²) in [5, 5.41) is 18.3. The molecule has 1 saturated heterocycles. The Labute approximate surface area is 220 Å². The predicted molar refractivity (Wildman–Crippen MR) is 148 cm³/mol. The normalized spacial score (nSPS) is 22.3. The van der Waals surface area contributed by atoms with Gasteiger partial charge in [-0.05, 0) is 80.5 Å². The Morgan fingerprint density at radius 1 is 1.14 bits per heavy atom. The molecule has 0 bridgehead atoms. The Kier molecular flexibility index (Phi) is 9.05. The number of nitrogens with zero attached hydrogens (tertiary/aromatic N) is 2. The number of nitrogens with one attached hydrogen (secondary N) is 3. The summed E-state index contributed by atoms with van der Waals surface area (Å²) in [5.74, 6) is 0.236. The molecule has 0 unspecified atom stereocenters. The molecule has 4 N–H and O–H groups in total. The lowest BCUT2D eigenvalue weighted by atomic mass is 9.85. The van der Waals surface area contributed by atoms with Crippen LogP contribution in [0.2, 0.25) is 0 Å². The summed E-state index contributed by atoms with van der Waals surface area (Å²) in [7, 11) is 1.90. The van der Waals surface area contributed by atoms with Crippen LogP contribution < -0.4 is 20.9 Å². The maximum absolute atomic E-state index is 13.3. The van der Waals surface area contributed by atoms with Crippen molar-refractivity contribution >= 4 is 23.4 Å². The number of amides is 2. The zero-order chi connectivity index (χ0) is 26.4. The van der Waals surface area contributed by atoms with Gasteiger partial charge in [0.15, 0.2) is 0 Å². The zero-order valence-corrected chi connectivity index (χ0v) is 22.3. The van der Waals surface area contributed by atoms with Crippen molar-refractivity contribution in [1.82, 2.24) is 15.5 Å². The van der Waals surface area contributed by atoms with Crippen LogP contribution in [0.1, 0.15) is 49.3 Å². The first-order valence-corrected chi connectivity index (χ1v) is 13.4. The molecule has 0 spiro atoms. The highest BCUT2D eigenvalue weighted by Gasteiger charge is 2.29. The quantitative estimate of drug-likeness (QED) is 0.428. The smallest absolute Gasteiger partial charge is 0.404 e. The molecule has 2 amide bonds. The van der Waals surface area contributed by atoms with Gasteiger partial charge in [-0.15, -0.1) is 0 Å². The van der Waals surface area contributed by atoms with E-state index < -0.39 is 6.09 Å². The fourth-order valence-electron chi connectivity index (χ4n) is 5.53. The Hall–Kier alpha value is -3.10. The number of aryl methyl sites for hydroxylation is 1. The van der Waals surface area contributed by atoms with E-state index in [9.17, 15) is 9.59 Å². The van der Waals surface area contributed by atoms with Crippen LogP contribution in [0.4, 0.5) is 16.2 Å². The van der Waals surface area contributed by atoms with E-state index in [1.807, 2.05) is 36.2 Å². The first kappa shape index (κ1) is 26.9. The van der Waals surface area contributed by atoms with E-state index in [4.69, 9.17) is 5.11 Å². The van der Waals surface area contributed by atoms with Crippen molar-refractivity contribution in [2.75, 3.05) is 36.9 Å². The number of benzene rings is 2. The van der Waals surface area contributed by atoms with Gasteiger partial charge < -0.3 is 26.0 Å². The average Bonchev–Trinajstić information content (AvgIpc) is 2.88. The summed E-state index contributed by atoms with van der Waals surface area (Å²) < 4.78 is 0. The monoisotopic (exact) mass is 507 g/mol. The summed E-state index contributed by atoms with van der Waals surface area (Å²) in [4.78, 5) is 28.4. The lowest BCUT2D eigenvalue weighted by molar-refractivity contribution is -0.123. The van der Waals surface area contributed by atoms with Crippen LogP contribution in [0.3, 0.4) is 0 Å². The van der Waals surface area contributed by atoms with Gasteiger partial charge in [0.2, 0.25) is 5.91 Å². The fraction of sp³-hybridized carbons (Fsp3) is 0.517. The van der Waals surface area contributed by atoms with E-state index >= 15 is 0 Å². The third-order valence-corrected chi connectivity index (χ3v) is 7.71. The van der Waals surface area contributed by atoms with Crippen LogP contribution in [0.15, 0.2) is 42.5 Å². The van der Waals surface area contributed by atoms with Crippen molar-refractivity contribution in [1.29, 1.82) is 0 Å². The molecule has 2 aromatic carbocycles. The first-order chi connectivity index (χ1) is 17.8. The number of hydrogen-bond donors (Lipinski definition) is 4. The summed E-state index contributed by atoms with van der Waals surface area (Å²) in [6.07, 6.45) is 2.56. The molecule has 1 aliphatic heterocycles. The van der Waals surface area contributed by atoms with Gasteiger partial charge >= 0.3 is 6.09 Å². The van der Waals surface area contributed by atoms with Crippen molar-refractivity contribution in [3.05, 3.63) is 59.2 Å². The molecular weight excluding hydrogens is 466 g/mol. The minimum absolute atomic E-state index is 0.0384. The molecule has 2 aliphatic rings. The van der Waals surface area contributed by atoms with Crippen LogP contribution in [0.25, 0.3) is 0 Å². The zero-order valence-electron chi connectivity index (χ0n) is 22.3. The van der Waals surface area contributed by atoms with Gasteiger partial charge in [0.25, 0.3) is 0 Å². The maximum atomic E-state index is 13.3. The third-order valence-electron chi connectivity index (χ3n) is 7.71. The van der Waals surface area contributed by atoms with Crippen LogP contribution >= 0.6 is 0 Å². The van der Waals surface area contributed by atoms with Crippen LogP contribution in [-0.4, -0.2) is 60.8 Å². The van der Waals surface area contributed by atoms with Gasteiger partial charge in [0.1, 0.15) is 0 Å². The van der Waals surface area contributed by atoms with Gasteiger partial charge in [0.05, 0.1) is 0 Å². The summed E-state index contributed by atoms with van der Waals surface area (Å²) in [6.45, 7) is 8.77. The second-order valence-electron chi connectivity index (χ2n) is 10.7. The Morgan fingerprint density at radius 3 is 2.62 bits per heavy atom. The average molecular weight is 508 g/mol. The van der Waals surface area contributed by atoms with E-state index in [1.165, 1.54) is 11.1 Å². The van der Waals surface area contributed by atoms with Crippen LogP contribution in [0.5, 0.6) is 0 Å². The second-order valence-corrected chi connectivity index (χ2v) is 10.7. The van der Waals surface area contributed by atoms with E-state index in [2.05, 4.69) is 52.9 Å². The lowest BCUT2D eigenvalue weighted by Crippen LogP contribution is -2.48. The number of rotatable bonds is 8. The molecule has 0 aromatic heterocycles. The van der Waals surface area contributed by atoms with Crippen molar-refractivity contribution in [2.45, 2.75) is 64.7 Å². The van der Waals surface area contributed by atoms with E-state index in [0.29, 0.717) is 12.1 Å². The molecule has 0 radical (unpaired) electrons. The van der Waals surface area contributed by atoms with Gasteiger partial charge in [0, 0.05) is 69.1 Å². The molecule has 200 valence electrons. The minimum atomic E-state index is -1.03. The van der Waals surface area contributed by atoms with E-state index in [1.54, 1.807) is 0 Å². The molecule has 1 heterocycles. The molecule has 2 fully saturated rings. The number of carbonyl (C=O) groups is 2. The van der Waals surface area contributed by atoms with Gasteiger partial charge in [-0.1, -0.05) is 18.2 Å². The summed E-state index contributed by atoms with van der Waals surface area (Å²) in [6, 6.07) is 15.1. The first-order valence-electron chi connectivity index (χ1n) is 13.4. The Bertz CT molecular complexity index is 1080. The van der Waals surface area contributed by atoms with Crippen molar-refractivity contribution in [3.8, 4) is 0 Å².